The monoisotopic (exact) mass is 226 g/mol. The van der Waals surface area contributed by atoms with Crippen LogP contribution in [0.5, 0.6) is 0 Å². The van der Waals surface area contributed by atoms with E-state index in [1.54, 1.807) is 0 Å². The maximum absolute atomic E-state index is 5.63. The first kappa shape index (κ1) is 10.1. The van der Waals surface area contributed by atoms with E-state index in [9.17, 15) is 0 Å². The zero-order valence-corrected chi connectivity index (χ0v) is 9.73. The summed E-state index contributed by atoms with van der Waals surface area (Å²) in [4.78, 5) is 4.22. The van der Waals surface area contributed by atoms with Crippen LogP contribution in [0.4, 0.5) is 6.01 Å². The largest absolute Gasteiger partial charge is 0.423 e. The number of aromatic nitrogens is 1. The van der Waals surface area contributed by atoms with Crippen molar-refractivity contribution in [2.75, 3.05) is 5.73 Å². The van der Waals surface area contributed by atoms with Gasteiger partial charge in [0, 0.05) is 5.39 Å². The minimum Gasteiger partial charge on any atom is -0.423 e. The summed E-state index contributed by atoms with van der Waals surface area (Å²) in [6, 6.07) is 10.6. The molecule has 2 N–H and O–H groups in total. The Kier molecular flexibility index (Phi) is 2.25. The minimum absolute atomic E-state index is 0.235. The number of fused-ring (bicyclic) bond motifs is 3. The molecule has 0 spiro atoms. The maximum atomic E-state index is 5.63. The van der Waals surface area contributed by atoms with Crippen LogP contribution in [0.1, 0.15) is 18.9 Å². The Morgan fingerprint density at radius 3 is 2.76 bits per heavy atom. The predicted octanol–water partition coefficient (Wildman–Crippen LogP) is 3.52. The predicted molar refractivity (Wildman–Crippen MR) is 69.9 cm³/mol. The number of hydrogen-bond acceptors (Lipinski definition) is 3. The molecule has 0 amide bonds. The van der Waals surface area contributed by atoms with Gasteiger partial charge in [0.2, 0.25) is 0 Å². The molecular formula is C14H14N2O. The molecule has 0 aliphatic heterocycles. The first-order valence-corrected chi connectivity index (χ1v) is 5.86. The van der Waals surface area contributed by atoms with E-state index >= 15 is 0 Å². The zero-order valence-electron chi connectivity index (χ0n) is 9.73. The molecule has 1 heterocycles. The second-order valence-electron chi connectivity index (χ2n) is 4.23. The van der Waals surface area contributed by atoms with Crippen LogP contribution in [0.15, 0.2) is 34.7 Å². The lowest BCUT2D eigenvalue weighted by atomic mass is 10.0. The molecule has 0 aliphatic carbocycles. The lowest BCUT2D eigenvalue weighted by Gasteiger charge is -2.05. The van der Waals surface area contributed by atoms with Gasteiger partial charge < -0.3 is 10.2 Å². The van der Waals surface area contributed by atoms with Crippen molar-refractivity contribution in [2.45, 2.75) is 19.8 Å². The summed E-state index contributed by atoms with van der Waals surface area (Å²) in [6.07, 6.45) is 2.16. The smallest absolute Gasteiger partial charge is 0.293 e. The molecule has 0 saturated heterocycles. The number of benzene rings is 2. The van der Waals surface area contributed by atoms with E-state index in [0.29, 0.717) is 0 Å². The number of nitrogens with zero attached hydrogens (tertiary/aromatic N) is 1. The lowest BCUT2D eigenvalue weighted by molar-refractivity contribution is 0.629. The van der Waals surface area contributed by atoms with Crippen LogP contribution in [0.3, 0.4) is 0 Å². The first-order chi connectivity index (χ1) is 8.29. The molecule has 17 heavy (non-hydrogen) atoms. The van der Waals surface area contributed by atoms with Crippen molar-refractivity contribution in [3.05, 3.63) is 35.9 Å². The number of rotatable bonds is 2. The van der Waals surface area contributed by atoms with Crippen molar-refractivity contribution in [1.82, 2.24) is 4.98 Å². The molecular weight excluding hydrogens is 212 g/mol. The van der Waals surface area contributed by atoms with Crippen LogP contribution in [-0.2, 0) is 6.42 Å². The second kappa shape index (κ2) is 3.77. The van der Waals surface area contributed by atoms with Crippen LogP contribution in [-0.4, -0.2) is 4.98 Å². The summed E-state index contributed by atoms with van der Waals surface area (Å²) in [7, 11) is 0. The molecule has 0 fully saturated rings. The van der Waals surface area contributed by atoms with Gasteiger partial charge in [-0.3, -0.25) is 0 Å². The van der Waals surface area contributed by atoms with Crippen molar-refractivity contribution in [3.8, 4) is 0 Å². The molecule has 1 aromatic heterocycles. The normalized spacial score (nSPS) is 11.4. The number of oxazole rings is 1. The second-order valence-corrected chi connectivity index (χ2v) is 4.23. The molecule has 3 aromatic rings. The molecule has 0 radical (unpaired) electrons. The molecule has 2 aromatic carbocycles. The van der Waals surface area contributed by atoms with E-state index in [1.165, 1.54) is 10.9 Å². The van der Waals surface area contributed by atoms with E-state index in [0.717, 1.165) is 29.3 Å². The highest BCUT2D eigenvalue weighted by molar-refractivity contribution is 6.05. The fraction of sp³-hybridized carbons (Fsp3) is 0.214. The van der Waals surface area contributed by atoms with Crippen LogP contribution in [0.2, 0.25) is 0 Å². The van der Waals surface area contributed by atoms with Crippen LogP contribution >= 0.6 is 0 Å². The van der Waals surface area contributed by atoms with Crippen LogP contribution in [0.25, 0.3) is 21.9 Å². The summed E-state index contributed by atoms with van der Waals surface area (Å²) >= 11 is 0. The average molecular weight is 226 g/mol. The number of nitrogen functional groups attached to an aromatic ring is 1. The van der Waals surface area contributed by atoms with Gasteiger partial charge in [0.25, 0.3) is 6.01 Å². The van der Waals surface area contributed by atoms with Crippen molar-refractivity contribution >= 4 is 27.9 Å². The minimum atomic E-state index is 0.235. The number of hydrogen-bond donors (Lipinski definition) is 1. The highest BCUT2D eigenvalue weighted by Gasteiger charge is 2.10. The lowest BCUT2D eigenvalue weighted by Crippen LogP contribution is -1.87. The zero-order chi connectivity index (χ0) is 11.8. The Hall–Kier alpha value is -2.03. The summed E-state index contributed by atoms with van der Waals surface area (Å²) < 4.78 is 5.48. The molecule has 3 heteroatoms. The van der Waals surface area contributed by atoms with Crippen molar-refractivity contribution in [2.24, 2.45) is 0 Å². The van der Waals surface area contributed by atoms with E-state index in [2.05, 4.69) is 30.1 Å². The fourth-order valence-corrected chi connectivity index (χ4v) is 2.32. The highest BCUT2D eigenvalue weighted by Crippen LogP contribution is 2.30. The molecule has 3 rings (SSSR count). The highest BCUT2D eigenvalue weighted by atomic mass is 16.4. The van der Waals surface area contributed by atoms with Crippen molar-refractivity contribution < 1.29 is 4.42 Å². The molecule has 0 aliphatic rings. The van der Waals surface area contributed by atoms with Crippen molar-refractivity contribution in [3.63, 3.8) is 0 Å². The number of nitrogens with two attached hydrogens (primary N) is 1. The van der Waals surface area contributed by atoms with Gasteiger partial charge in [0.05, 0.1) is 0 Å². The van der Waals surface area contributed by atoms with Gasteiger partial charge in [0.15, 0.2) is 5.58 Å². The van der Waals surface area contributed by atoms with E-state index in [1.807, 2.05) is 12.1 Å². The number of aryl methyl sites for hydroxylation is 1. The molecule has 0 bridgehead atoms. The molecule has 86 valence electrons. The van der Waals surface area contributed by atoms with E-state index in [-0.39, 0.29) is 6.01 Å². The first-order valence-electron chi connectivity index (χ1n) is 5.86. The Labute approximate surface area is 99.2 Å². The maximum Gasteiger partial charge on any atom is 0.293 e. The van der Waals surface area contributed by atoms with Gasteiger partial charge in [-0.2, -0.15) is 4.98 Å². The van der Waals surface area contributed by atoms with Gasteiger partial charge in [-0.25, -0.2) is 0 Å². The standard InChI is InChI=1S/C14H14N2O/c1-2-5-9-8-12-13(17-14(15)16-12)11-7-4-3-6-10(9)11/h3-4,6-8H,2,5H2,1H3,(H2,15,16). The Morgan fingerprint density at radius 2 is 2.00 bits per heavy atom. The van der Waals surface area contributed by atoms with Crippen molar-refractivity contribution in [1.29, 1.82) is 0 Å². The number of anilines is 1. The van der Waals surface area contributed by atoms with E-state index < -0.39 is 0 Å². The topological polar surface area (TPSA) is 52.0 Å². The summed E-state index contributed by atoms with van der Waals surface area (Å²) in [6.45, 7) is 2.18. The Balaban J connectivity index is 2.45. The van der Waals surface area contributed by atoms with Gasteiger partial charge in [0.1, 0.15) is 5.52 Å². The third-order valence-corrected chi connectivity index (χ3v) is 3.02. The average Bonchev–Trinajstić information content (AvgIpc) is 2.70. The SMILES string of the molecule is CCCc1cc2nc(N)oc2c2ccccc12. The fourth-order valence-electron chi connectivity index (χ4n) is 2.32. The third-order valence-electron chi connectivity index (χ3n) is 3.02. The summed E-state index contributed by atoms with van der Waals surface area (Å²) in [5, 5.41) is 2.33. The molecule has 0 atom stereocenters. The van der Waals surface area contributed by atoms with Crippen LogP contribution in [0, 0.1) is 0 Å². The molecule has 0 saturated carbocycles. The Bertz CT molecular complexity index is 685. The summed E-state index contributed by atoms with van der Waals surface area (Å²) in [5.41, 5.74) is 8.58. The van der Waals surface area contributed by atoms with Gasteiger partial charge in [-0.15, -0.1) is 0 Å². The third kappa shape index (κ3) is 1.55. The van der Waals surface area contributed by atoms with Gasteiger partial charge in [-0.05, 0) is 23.4 Å². The quantitative estimate of drug-likeness (QED) is 0.727. The van der Waals surface area contributed by atoms with E-state index in [4.69, 9.17) is 10.2 Å². The Morgan fingerprint density at radius 1 is 1.24 bits per heavy atom. The van der Waals surface area contributed by atoms with Gasteiger partial charge in [-0.1, -0.05) is 37.6 Å². The molecule has 0 unspecified atom stereocenters. The molecule has 3 nitrogen and oxygen atoms in total. The van der Waals surface area contributed by atoms with Crippen LogP contribution < -0.4 is 5.73 Å². The van der Waals surface area contributed by atoms with Gasteiger partial charge >= 0.3 is 0 Å². The summed E-state index contributed by atoms with van der Waals surface area (Å²) in [5.74, 6) is 0.